The number of benzene rings is 3. The van der Waals surface area contributed by atoms with Crippen molar-refractivity contribution in [2.45, 2.75) is 39.2 Å². The number of nitrogens with one attached hydrogen (secondary N) is 2. The number of carbonyl (C=O) groups excluding carboxylic acids is 1. The lowest BCUT2D eigenvalue weighted by Crippen LogP contribution is -2.27. The predicted molar refractivity (Wildman–Crippen MR) is 131 cm³/mol. The van der Waals surface area contributed by atoms with Crippen LogP contribution in [0, 0.1) is 6.92 Å². The van der Waals surface area contributed by atoms with Gasteiger partial charge in [-0.25, -0.2) is 0 Å². The summed E-state index contributed by atoms with van der Waals surface area (Å²) < 4.78 is 5.41. The van der Waals surface area contributed by atoms with E-state index in [1.54, 1.807) is 7.11 Å². The van der Waals surface area contributed by atoms with Crippen LogP contribution in [0.5, 0.6) is 5.75 Å². The molecule has 0 saturated carbocycles. The number of hydrogen-bond donors (Lipinski definition) is 2. The summed E-state index contributed by atoms with van der Waals surface area (Å²) in [5.74, 6) is 0.929. The van der Waals surface area contributed by atoms with Crippen LogP contribution in [0.4, 0.5) is 0 Å². The van der Waals surface area contributed by atoms with Crippen molar-refractivity contribution in [3.05, 3.63) is 101 Å². The zero-order chi connectivity index (χ0) is 22.6. The van der Waals surface area contributed by atoms with Gasteiger partial charge in [-0.05, 0) is 73.5 Å². The molecule has 32 heavy (non-hydrogen) atoms. The first-order valence-corrected chi connectivity index (χ1v) is 11.4. The molecule has 0 aliphatic heterocycles. The van der Waals surface area contributed by atoms with Crippen molar-refractivity contribution in [3.63, 3.8) is 0 Å². The Balaban J connectivity index is 1.41. The Morgan fingerprint density at radius 3 is 2.44 bits per heavy atom. The lowest BCUT2D eigenvalue weighted by molar-refractivity contribution is 0.0952. The van der Waals surface area contributed by atoms with E-state index in [9.17, 15) is 4.79 Å². The Bertz CT molecular complexity index is 986. The molecule has 3 aromatic carbocycles. The minimum atomic E-state index is 0.00498. The van der Waals surface area contributed by atoms with Crippen LogP contribution in [0.3, 0.4) is 0 Å². The standard InChI is InChI=1S/C28H34N2O2/c1-22-15-16-24(20-27(22)32-2)17-19-29-21-25-13-6-7-14-26(25)28(31)30-18-9-8-12-23-10-4-3-5-11-23/h3-7,10-11,13-16,20,29H,8-9,12,17-19,21H2,1-2H3,(H,30,31). The number of carbonyl (C=O) groups is 1. The number of rotatable bonds is 12. The van der Waals surface area contributed by atoms with Crippen molar-refractivity contribution < 1.29 is 9.53 Å². The van der Waals surface area contributed by atoms with Gasteiger partial charge in [0.15, 0.2) is 0 Å². The van der Waals surface area contributed by atoms with E-state index >= 15 is 0 Å². The van der Waals surface area contributed by atoms with Crippen LogP contribution in [-0.4, -0.2) is 26.1 Å². The molecular formula is C28H34N2O2. The maximum atomic E-state index is 12.7. The van der Waals surface area contributed by atoms with Crippen LogP contribution >= 0.6 is 0 Å². The van der Waals surface area contributed by atoms with Crippen LogP contribution in [0.25, 0.3) is 0 Å². The molecule has 3 aromatic rings. The first kappa shape index (κ1) is 23.6. The highest BCUT2D eigenvalue weighted by Gasteiger charge is 2.10. The Morgan fingerprint density at radius 2 is 1.62 bits per heavy atom. The van der Waals surface area contributed by atoms with Crippen molar-refractivity contribution >= 4 is 5.91 Å². The van der Waals surface area contributed by atoms with E-state index in [0.717, 1.165) is 54.7 Å². The maximum Gasteiger partial charge on any atom is 0.251 e. The molecule has 0 atom stereocenters. The maximum absolute atomic E-state index is 12.7. The second-order valence-electron chi connectivity index (χ2n) is 8.09. The summed E-state index contributed by atoms with van der Waals surface area (Å²) in [6.07, 6.45) is 3.99. The van der Waals surface area contributed by atoms with Crippen molar-refractivity contribution in [2.75, 3.05) is 20.2 Å². The highest BCUT2D eigenvalue weighted by molar-refractivity contribution is 5.95. The zero-order valence-corrected chi connectivity index (χ0v) is 19.2. The molecular weight excluding hydrogens is 396 g/mol. The summed E-state index contributed by atoms with van der Waals surface area (Å²) in [4.78, 5) is 12.7. The van der Waals surface area contributed by atoms with Crippen LogP contribution in [0.15, 0.2) is 72.8 Å². The summed E-state index contributed by atoms with van der Waals surface area (Å²) in [5.41, 5.74) is 5.50. The van der Waals surface area contributed by atoms with Crippen LogP contribution < -0.4 is 15.4 Å². The molecule has 0 spiro atoms. The summed E-state index contributed by atoms with van der Waals surface area (Å²) >= 11 is 0. The number of aryl methyl sites for hydroxylation is 2. The van der Waals surface area contributed by atoms with Gasteiger partial charge in [-0.3, -0.25) is 4.79 Å². The Kier molecular flexibility index (Phi) is 9.33. The molecule has 2 N–H and O–H groups in total. The van der Waals surface area contributed by atoms with Gasteiger partial charge in [0.05, 0.1) is 7.11 Å². The summed E-state index contributed by atoms with van der Waals surface area (Å²) in [5, 5.41) is 6.55. The van der Waals surface area contributed by atoms with Gasteiger partial charge in [-0.1, -0.05) is 60.7 Å². The molecule has 0 radical (unpaired) electrons. The van der Waals surface area contributed by atoms with Gasteiger partial charge in [0.1, 0.15) is 5.75 Å². The monoisotopic (exact) mass is 430 g/mol. The molecule has 4 heteroatoms. The molecule has 0 aromatic heterocycles. The molecule has 4 nitrogen and oxygen atoms in total. The molecule has 0 fully saturated rings. The molecule has 0 heterocycles. The molecule has 3 rings (SSSR count). The summed E-state index contributed by atoms with van der Waals surface area (Å²) in [6, 6.07) is 24.6. The fraction of sp³-hybridized carbons (Fsp3) is 0.321. The predicted octanol–water partition coefficient (Wildman–Crippen LogP) is 5.09. The Labute approximate surface area is 192 Å². The van der Waals surface area contributed by atoms with Gasteiger partial charge in [-0.2, -0.15) is 0 Å². The summed E-state index contributed by atoms with van der Waals surface area (Å²) in [7, 11) is 1.70. The normalized spacial score (nSPS) is 10.7. The van der Waals surface area contributed by atoms with Crippen molar-refractivity contribution in [2.24, 2.45) is 0 Å². The zero-order valence-electron chi connectivity index (χ0n) is 19.2. The van der Waals surface area contributed by atoms with Gasteiger partial charge in [0.25, 0.3) is 5.91 Å². The van der Waals surface area contributed by atoms with E-state index in [2.05, 4.69) is 53.1 Å². The van der Waals surface area contributed by atoms with Crippen molar-refractivity contribution in [1.82, 2.24) is 10.6 Å². The second kappa shape index (κ2) is 12.7. The first-order chi connectivity index (χ1) is 15.7. The van der Waals surface area contributed by atoms with Gasteiger partial charge in [-0.15, -0.1) is 0 Å². The number of methoxy groups -OCH3 is 1. The molecule has 0 unspecified atom stereocenters. The van der Waals surface area contributed by atoms with Crippen molar-refractivity contribution in [1.29, 1.82) is 0 Å². The number of amides is 1. The second-order valence-corrected chi connectivity index (χ2v) is 8.09. The highest BCUT2D eigenvalue weighted by Crippen LogP contribution is 2.19. The fourth-order valence-electron chi connectivity index (χ4n) is 3.77. The average Bonchev–Trinajstić information content (AvgIpc) is 2.83. The third kappa shape index (κ3) is 7.24. The number of unbranched alkanes of at least 4 members (excludes halogenated alkanes) is 1. The molecule has 0 aliphatic carbocycles. The quantitative estimate of drug-likeness (QED) is 0.394. The lowest BCUT2D eigenvalue weighted by atomic mass is 10.1. The van der Waals surface area contributed by atoms with Gasteiger partial charge < -0.3 is 15.4 Å². The SMILES string of the molecule is COc1cc(CCNCc2ccccc2C(=O)NCCCCc2ccccc2)ccc1C. The highest BCUT2D eigenvalue weighted by atomic mass is 16.5. The van der Waals surface area contributed by atoms with E-state index < -0.39 is 0 Å². The molecule has 0 saturated heterocycles. The van der Waals surface area contributed by atoms with Gasteiger partial charge >= 0.3 is 0 Å². The van der Waals surface area contributed by atoms with Crippen LogP contribution in [0.1, 0.15) is 45.5 Å². The number of hydrogen-bond acceptors (Lipinski definition) is 3. The van der Waals surface area contributed by atoms with E-state index in [-0.39, 0.29) is 5.91 Å². The third-order valence-electron chi connectivity index (χ3n) is 5.66. The first-order valence-electron chi connectivity index (χ1n) is 11.4. The van der Waals surface area contributed by atoms with Crippen LogP contribution in [0.2, 0.25) is 0 Å². The smallest absolute Gasteiger partial charge is 0.251 e. The van der Waals surface area contributed by atoms with Gasteiger partial charge in [0, 0.05) is 18.7 Å². The van der Waals surface area contributed by atoms with E-state index in [1.807, 2.05) is 37.3 Å². The Morgan fingerprint density at radius 1 is 0.844 bits per heavy atom. The largest absolute Gasteiger partial charge is 0.496 e. The van der Waals surface area contributed by atoms with Crippen molar-refractivity contribution in [3.8, 4) is 5.75 Å². The minimum Gasteiger partial charge on any atom is -0.496 e. The van der Waals surface area contributed by atoms with Crippen LogP contribution in [-0.2, 0) is 19.4 Å². The molecule has 0 aliphatic rings. The topological polar surface area (TPSA) is 50.4 Å². The summed E-state index contributed by atoms with van der Waals surface area (Å²) in [6.45, 7) is 4.25. The van der Waals surface area contributed by atoms with E-state index in [0.29, 0.717) is 13.1 Å². The average molecular weight is 431 g/mol. The van der Waals surface area contributed by atoms with E-state index in [4.69, 9.17) is 4.74 Å². The molecule has 1 amide bonds. The Hall–Kier alpha value is -3.11. The molecule has 168 valence electrons. The van der Waals surface area contributed by atoms with Gasteiger partial charge in [0.2, 0.25) is 0 Å². The van der Waals surface area contributed by atoms with E-state index in [1.165, 1.54) is 11.1 Å². The number of ether oxygens (including phenoxy) is 1. The fourth-order valence-corrected chi connectivity index (χ4v) is 3.77. The molecule has 0 bridgehead atoms. The minimum absolute atomic E-state index is 0.00498. The lowest BCUT2D eigenvalue weighted by Gasteiger charge is -2.12. The third-order valence-corrected chi connectivity index (χ3v) is 5.66.